The lowest BCUT2D eigenvalue weighted by atomic mass is 10.0. The normalized spacial score (nSPS) is 12.9. The zero-order chi connectivity index (χ0) is 12.6. The standard InChI is InChI=1S/C11H12ClN3O2/c1-3-6(2)10-7(11(16)17)5-13-9-4-8(12)14-15(9)10/h4-6H,3H2,1-2H3,(H,16,17). The molecular formula is C11H12ClN3O2. The highest BCUT2D eigenvalue weighted by Gasteiger charge is 2.20. The third-order valence-corrected chi connectivity index (χ3v) is 2.99. The van der Waals surface area contributed by atoms with Crippen LogP contribution in [0.5, 0.6) is 0 Å². The van der Waals surface area contributed by atoms with Gasteiger partial charge in [-0.2, -0.15) is 5.10 Å². The second-order valence-electron chi connectivity index (χ2n) is 3.91. The Hall–Kier alpha value is -1.62. The second-order valence-corrected chi connectivity index (χ2v) is 4.30. The number of halogens is 1. The summed E-state index contributed by atoms with van der Waals surface area (Å²) < 4.78 is 1.51. The minimum atomic E-state index is -0.999. The van der Waals surface area contributed by atoms with Gasteiger partial charge in [0.05, 0.1) is 11.3 Å². The smallest absolute Gasteiger partial charge is 0.339 e. The Bertz CT molecular complexity index is 579. The maximum atomic E-state index is 11.2. The Kier molecular flexibility index (Phi) is 3.02. The molecule has 2 rings (SSSR count). The molecule has 1 N–H and O–H groups in total. The molecule has 0 bridgehead atoms. The predicted molar refractivity (Wildman–Crippen MR) is 63.7 cm³/mol. The number of aromatic carboxylic acids is 1. The van der Waals surface area contributed by atoms with Crippen molar-refractivity contribution in [2.45, 2.75) is 26.2 Å². The van der Waals surface area contributed by atoms with Gasteiger partial charge >= 0.3 is 5.97 Å². The first kappa shape index (κ1) is 11.9. The summed E-state index contributed by atoms with van der Waals surface area (Å²) in [6, 6.07) is 1.61. The number of rotatable bonds is 3. The van der Waals surface area contributed by atoms with Crippen LogP contribution in [0.2, 0.25) is 5.15 Å². The van der Waals surface area contributed by atoms with Gasteiger partial charge in [0.2, 0.25) is 0 Å². The summed E-state index contributed by atoms with van der Waals surface area (Å²) in [5, 5.41) is 13.6. The second kappa shape index (κ2) is 4.33. The van der Waals surface area contributed by atoms with Crippen molar-refractivity contribution < 1.29 is 9.90 Å². The zero-order valence-electron chi connectivity index (χ0n) is 9.51. The van der Waals surface area contributed by atoms with E-state index in [0.29, 0.717) is 16.5 Å². The van der Waals surface area contributed by atoms with Gasteiger partial charge in [-0.3, -0.25) is 0 Å². The summed E-state index contributed by atoms with van der Waals surface area (Å²) in [5.41, 5.74) is 1.37. The van der Waals surface area contributed by atoms with E-state index in [1.807, 2.05) is 13.8 Å². The third-order valence-electron chi connectivity index (χ3n) is 2.80. The van der Waals surface area contributed by atoms with Gasteiger partial charge in [-0.25, -0.2) is 14.3 Å². The van der Waals surface area contributed by atoms with Gasteiger partial charge in [0.25, 0.3) is 0 Å². The predicted octanol–water partition coefficient (Wildman–Crippen LogP) is 2.59. The monoisotopic (exact) mass is 253 g/mol. The molecule has 6 heteroatoms. The largest absolute Gasteiger partial charge is 0.478 e. The average molecular weight is 254 g/mol. The van der Waals surface area contributed by atoms with Gasteiger partial charge < -0.3 is 5.11 Å². The summed E-state index contributed by atoms with van der Waals surface area (Å²) in [6.07, 6.45) is 2.17. The molecule has 0 saturated heterocycles. The van der Waals surface area contributed by atoms with Crippen LogP contribution in [0.25, 0.3) is 5.65 Å². The molecule has 1 atom stereocenters. The first-order chi connectivity index (χ1) is 8.04. The number of fused-ring (bicyclic) bond motifs is 1. The van der Waals surface area contributed by atoms with Crippen molar-refractivity contribution >= 4 is 23.2 Å². The van der Waals surface area contributed by atoms with Gasteiger partial charge in [-0.05, 0) is 12.3 Å². The quantitative estimate of drug-likeness (QED) is 0.913. The lowest BCUT2D eigenvalue weighted by Gasteiger charge is -2.13. The summed E-state index contributed by atoms with van der Waals surface area (Å²) in [5.74, 6) is -0.927. The van der Waals surface area contributed by atoms with Crippen LogP contribution in [-0.2, 0) is 0 Å². The fourth-order valence-electron chi connectivity index (χ4n) is 1.76. The molecule has 2 aromatic rings. The van der Waals surface area contributed by atoms with Crippen molar-refractivity contribution in [3.8, 4) is 0 Å². The molecule has 0 spiro atoms. The number of nitrogens with zero attached hydrogens (tertiary/aromatic N) is 3. The van der Waals surface area contributed by atoms with Crippen LogP contribution in [0.4, 0.5) is 0 Å². The molecule has 0 aliphatic rings. The lowest BCUT2D eigenvalue weighted by Crippen LogP contribution is -2.12. The van der Waals surface area contributed by atoms with E-state index in [1.54, 1.807) is 6.07 Å². The van der Waals surface area contributed by atoms with Crippen molar-refractivity contribution in [1.29, 1.82) is 0 Å². The van der Waals surface area contributed by atoms with E-state index in [9.17, 15) is 4.79 Å². The fraction of sp³-hybridized carbons (Fsp3) is 0.364. The van der Waals surface area contributed by atoms with Crippen molar-refractivity contribution in [3.63, 3.8) is 0 Å². The molecular weight excluding hydrogens is 242 g/mol. The molecule has 0 aliphatic carbocycles. The highest BCUT2D eigenvalue weighted by atomic mass is 35.5. The molecule has 2 aromatic heterocycles. The van der Waals surface area contributed by atoms with Gasteiger partial charge in [0.15, 0.2) is 10.8 Å². The van der Waals surface area contributed by atoms with E-state index in [0.717, 1.165) is 6.42 Å². The Balaban J connectivity index is 2.78. The van der Waals surface area contributed by atoms with Crippen LogP contribution in [0.3, 0.4) is 0 Å². The molecule has 2 heterocycles. The number of carbonyl (C=O) groups is 1. The van der Waals surface area contributed by atoms with Crippen LogP contribution in [0, 0.1) is 0 Å². The Morgan fingerprint density at radius 3 is 2.94 bits per heavy atom. The highest BCUT2D eigenvalue weighted by Crippen LogP contribution is 2.24. The van der Waals surface area contributed by atoms with Crippen molar-refractivity contribution in [1.82, 2.24) is 14.6 Å². The molecule has 5 nitrogen and oxygen atoms in total. The minimum Gasteiger partial charge on any atom is -0.478 e. The maximum absolute atomic E-state index is 11.2. The van der Waals surface area contributed by atoms with Gasteiger partial charge in [-0.1, -0.05) is 25.4 Å². The van der Waals surface area contributed by atoms with E-state index in [-0.39, 0.29) is 11.5 Å². The Morgan fingerprint density at radius 1 is 1.65 bits per heavy atom. The van der Waals surface area contributed by atoms with Crippen molar-refractivity contribution in [2.24, 2.45) is 0 Å². The van der Waals surface area contributed by atoms with E-state index in [1.165, 1.54) is 10.7 Å². The Labute approximate surface area is 103 Å². The number of hydrogen-bond donors (Lipinski definition) is 1. The third kappa shape index (κ3) is 1.98. The first-order valence-corrected chi connectivity index (χ1v) is 5.69. The van der Waals surface area contributed by atoms with Crippen LogP contribution in [0.15, 0.2) is 12.3 Å². The summed E-state index contributed by atoms with van der Waals surface area (Å²) in [4.78, 5) is 15.2. The molecule has 0 fully saturated rings. The van der Waals surface area contributed by atoms with Crippen molar-refractivity contribution in [3.05, 3.63) is 28.7 Å². The van der Waals surface area contributed by atoms with Crippen LogP contribution in [-0.4, -0.2) is 25.7 Å². The number of carboxylic acids is 1. The summed E-state index contributed by atoms with van der Waals surface area (Å²) >= 11 is 5.82. The maximum Gasteiger partial charge on any atom is 0.339 e. The highest BCUT2D eigenvalue weighted by molar-refractivity contribution is 6.29. The lowest BCUT2D eigenvalue weighted by molar-refractivity contribution is 0.0693. The molecule has 0 aromatic carbocycles. The summed E-state index contributed by atoms with van der Waals surface area (Å²) in [7, 11) is 0. The fourth-order valence-corrected chi connectivity index (χ4v) is 1.93. The zero-order valence-corrected chi connectivity index (χ0v) is 10.3. The molecule has 1 unspecified atom stereocenters. The van der Waals surface area contributed by atoms with Gasteiger partial charge in [0, 0.05) is 12.3 Å². The van der Waals surface area contributed by atoms with E-state index in [2.05, 4.69) is 10.1 Å². The molecule has 0 radical (unpaired) electrons. The van der Waals surface area contributed by atoms with Gasteiger partial charge in [-0.15, -0.1) is 0 Å². The van der Waals surface area contributed by atoms with Crippen LogP contribution < -0.4 is 0 Å². The molecule has 17 heavy (non-hydrogen) atoms. The van der Waals surface area contributed by atoms with E-state index >= 15 is 0 Å². The SMILES string of the molecule is CCC(C)c1c(C(=O)O)cnc2cc(Cl)nn12. The molecule has 90 valence electrons. The average Bonchev–Trinajstić information content (AvgIpc) is 2.66. The minimum absolute atomic E-state index is 0.0718. The van der Waals surface area contributed by atoms with E-state index < -0.39 is 5.97 Å². The van der Waals surface area contributed by atoms with Crippen molar-refractivity contribution in [2.75, 3.05) is 0 Å². The number of carboxylic acid groups (broad SMARTS) is 1. The first-order valence-electron chi connectivity index (χ1n) is 5.32. The van der Waals surface area contributed by atoms with E-state index in [4.69, 9.17) is 16.7 Å². The number of aromatic nitrogens is 3. The van der Waals surface area contributed by atoms with Crippen LogP contribution in [0.1, 0.15) is 42.2 Å². The Morgan fingerprint density at radius 2 is 2.35 bits per heavy atom. The molecule has 0 aliphatic heterocycles. The molecule has 0 amide bonds. The van der Waals surface area contributed by atoms with Crippen LogP contribution >= 0.6 is 11.6 Å². The summed E-state index contributed by atoms with van der Waals surface area (Å²) in [6.45, 7) is 3.95. The topological polar surface area (TPSA) is 67.5 Å². The van der Waals surface area contributed by atoms with Gasteiger partial charge in [0.1, 0.15) is 0 Å². The molecule has 0 saturated carbocycles. The number of hydrogen-bond acceptors (Lipinski definition) is 3.